The molecule has 0 radical (unpaired) electrons. The van der Waals surface area contributed by atoms with Gasteiger partial charge in [-0.15, -0.1) is 0 Å². The summed E-state index contributed by atoms with van der Waals surface area (Å²) in [5, 5.41) is 6.99. The van der Waals surface area contributed by atoms with Gasteiger partial charge in [0.25, 0.3) is 0 Å². The van der Waals surface area contributed by atoms with Crippen LogP contribution in [0.3, 0.4) is 0 Å². The lowest BCUT2D eigenvalue weighted by molar-refractivity contribution is 0.661. The lowest BCUT2D eigenvalue weighted by Crippen LogP contribution is -2.18. The zero-order valence-electron chi connectivity index (χ0n) is 8.31. The van der Waals surface area contributed by atoms with Crippen LogP contribution in [0.5, 0.6) is 0 Å². The van der Waals surface area contributed by atoms with Gasteiger partial charge in [0.15, 0.2) is 0 Å². The van der Waals surface area contributed by atoms with Crippen molar-refractivity contribution in [2.45, 2.75) is 25.8 Å². The minimum Gasteiger partial charge on any atom is -0.383 e. The Hall–Kier alpha value is -0.700. The first-order valence-electron chi connectivity index (χ1n) is 5.09. The second-order valence-electron chi connectivity index (χ2n) is 3.65. The van der Waals surface area contributed by atoms with Gasteiger partial charge in [-0.2, -0.15) is 0 Å². The van der Waals surface area contributed by atoms with E-state index in [9.17, 15) is 0 Å². The van der Waals surface area contributed by atoms with E-state index < -0.39 is 0 Å². The number of benzene rings is 1. The van der Waals surface area contributed by atoms with Gasteiger partial charge in [0.05, 0.1) is 11.4 Å². The van der Waals surface area contributed by atoms with Crippen molar-refractivity contribution < 1.29 is 0 Å². The van der Waals surface area contributed by atoms with E-state index in [1.807, 2.05) is 0 Å². The molecule has 3 heteroatoms. The number of hydrogen-bond acceptors (Lipinski definition) is 2. The molecule has 2 nitrogen and oxygen atoms in total. The number of hydrogen-bond donors (Lipinski definition) is 2. The summed E-state index contributed by atoms with van der Waals surface area (Å²) in [5.74, 6) is 0. The summed E-state index contributed by atoms with van der Waals surface area (Å²) in [7, 11) is 0. The van der Waals surface area contributed by atoms with Crippen LogP contribution in [0.1, 0.15) is 19.8 Å². The summed E-state index contributed by atoms with van der Waals surface area (Å²) in [5.41, 5.74) is 2.42. The van der Waals surface area contributed by atoms with Crippen LogP contribution >= 0.6 is 15.9 Å². The third-order valence-electron chi connectivity index (χ3n) is 2.64. The Morgan fingerprint density at radius 1 is 1.43 bits per heavy atom. The van der Waals surface area contributed by atoms with Crippen molar-refractivity contribution in [3.8, 4) is 0 Å². The lowest BCUT2D eigenvalue weighted by atomic mass is 10.1. The van der Waals surface area contributed by atoms with E-state index in [1.54, 1.807) is 0 Å². The number of halogens is 1. The van der Waals surface area contributed by atoms with Crippen LogP contribution in [0.2, 0.25) is 0 Å². The Bertz CT molecular complexity index is 325. The first-order valence-corrected chi connectivity index (χ1v) is 5.89. The van der Waals surface area contributed by atoms with Crippen LogP contribution in [-0.2, 0) is 0 Å². The van der Waals surface area contributed by atoms with E-state index in [0.29, 0.717) is 6.04 Å². The monoisotopic (exact) mass is 254 g/mol. The molecule has 0 amide bonds. The van der Waals surface area contributed by atoms with Gasteiger partial charge >= 0.3 is 0 Å². The zero-order chi connectivity index (χ0) is 9.97. The molecule has 0 aliphatic carbocycles. The van der Waals surface area contributed by atoms with Crippen molar-refractivity contribution in [1.82, 2.24) is 0 Å². The molecule has 1 aliphatic rings. The van der Waals surface area contributed by atoms with Gasteiger partial charge < -0.3 is 10.6 Å². The van der Waals surface area contributed by atoms with E-state index in [-0.39, 0.29) is 0 Å². The van der Waals surface area contributed by atoms with E-state index in [2.05, 4.69) is 51.7 Å². The summed E-state index contributed by atoms with van der Waals surface area (Å²) >= 11 is 3.49. The molecule has 1 aliphatic heterocycles. The SMILES string of the molecule is CCC1CCNc2ccc(Br)cc2N1. The van der Waals surface area contributed by atoms with Gasteiger partial charge in [-0.05, 0) is 31.0 Å². The van der Waals surface area contributed by atoms with Crippen LogP contribution in [0, 0.1) is 0 Å². The third kappa shape index (κ3) is 2.03. The molecule has 0 saturated carbocycles. The van der Waals surface area contributed by atoms with Crippen LogP contribution in [0.15, 0.2) is 22.7 Å². The molecule has 1 atom stereocenters. The number of anilines is 2. The summed E-state index contributed by atoms with van der Waals surface area (Å²) in [6, 6.07) is 6.92. The predicted molar refractivity (Wildman–Crippen MR) is 65.0 cm³/mol. The average Bonchev–Trinajstić information content (AvgIpc) is 2.38. The van der Waals surface area contributed by atoms with Crippen molar-refractivity contribution in [2.75, 3.05) is 17.2 Å². The van der Waals surface area contributed by atoms with Crippen LogP contribution in [0.4, 0.5) is 11.4 Å². The molecular formula is C11H15BrN2. The highest BCUT2D eigenvalue weighted by molar-refractivity contribution is 9.10. The summed E-state index contributed by atoms with van der Waals surface area (Å²) in [6.07, 6.45) is 2.36. The van der Waals surface area contributed by atoms with E-state index in [1.165, 1.54) is 24.2 Å². The molecule has 1 unspecified atom stereocenters. The summed E-state index contributed by atoms with van der Waals surface area (Å²) in [6.45, 7) is 3.28. The topological polar surface area (TPSA) is 24.1 Å². The number of nitrogens with one attached hydrogen (secondary N) is 2. The Morgan fingerprint density at radius 2 is 2.29 bits per heavy atom. The Balaban J connectivity index is 2.28. The summed E-state index contributed by atoms with van der Waals surface area (Å²) in [4.78, 5) is 0. The molecule has 1 aromatic rings. The molecule has 0 bridgehead atoms. The second kappa shape index (κ2) is 4.22. The molecule has 1 aromatic carbocycles. The minimum atomic E-state index is 0.595. The summed E-state index contributed by atoms with van der Waals surface area (Å²) < 4.78 is 1.13. The normalized spacial score (nSPS) is 20.3. The van der Waals surface area contributed by atoms with Gasteiger partial charge in [0.2, 0.25) is 0 Å². The fourth-order valence-corrected chi connectivity index (χ4v) is 2.13. The fraction of sp³-hybridized carbons (Fsp3) is 0.455. The molecule has 76 valence electrons. The van der Waals surface area contributed by atoms with Crippen LogP contribution in [-0.4, -0.2) is 12.6 Å². The standard InChI is InChI=1S/C11H15BrN2/c1-2-9-5-6-13-10-4-3-8(12)7-11(10)14-9/h3-4,7,9,13-14H,2,5-6H2,1H3. The molecule has 1 heterocycles. The highest BCUT2D eigenvalue weighted by atomic mass is 79.9. The van der Waals surface area contributed by atoms with Crippen LogP contribution in [0.25, 0.3) is 0 Å². The molecule has 0 spiro atoms. The molecule has 2 rings (SSSR count). The Kier molecular flexibility index (Phi) is 2.96. The van der Waals surface area contributed by atoms with Gasteiger partial charge in [-0.3, -0.25) is 0 Å². The largest absolute Gasteiger partial charge is 0.383 e. The molecular weight excluding hydrogens is 240 g/mol. The average molecular weight is 255 g/mol. The lowest BCUT2D eigenvalue weighted by Gasteiger charge is -2.15. The minimum absolute atomic E-state index is 0.595. The predicted octanol–water partition coefficient (Wildman–Crippen LogP) is 3.46. The van der Waals surface area contributed by atoms with Crippen molar-refractivity contribution in [2.24, 2.45) is 0 Å². The Morgan fingerprint density at radius 3 is 3.07 bits per heavy atom. The van der Waals surface area contributed by atoms with Crippen molar-refractivity contribution in [3.05, 3.63) is 22.7 Å². The maximum absolute atomic E-state index is 3.56. The van der Waals surface area contributed by atoms with E-state index >= 15 is 0 Å². The highest BCUT2D eigenvalue weighted by Crippen LogP contribution is 2.29. The van der Waals surface area contributed by atoms with Crippen molar-refractivity contribution >= 4 is 27.3 Å². The smallest absolute Gasteiger partial charge is 0.0589 e. The van der Waals surface area contributed by atoms with E-state index in [4.69, 9.17) is 0 Å². The van der Waals surface area contributed by atoms with Gasteiger partial charge in [0, 0.05) is 17.1 Å². The third-order valence-corrected chi connectivity index (χ3v) is 3.14. The maximum atomic E-state index is 3.56. The van der Waals surface area contributed by atoms with Crippen molar-refractivity contribution in [3.63, 3.8) is 0 Å². The van der Waals surface area contributed by atoms with Gasteiger partial charge in [-0.25, -0.2) is 0 Å². The fourth-order valence-electron chi connectivity index (χ4n) is 1.77. The quantitative estimate of drug-likeness (QED) is 0.803. The number of fused-ring (bicyclic) bond motifs is 1. The highest BCUT2D eigenvalue weighted by Gasteiger charge is 2.13. The number of rotatable bonds is 1. The first-order chi connectivity index (χ1) is 6.79. The van der Waals surface area contributed by atoms with Crippen molar-refractivity contribution in [1.29, 1.82) is 0 Å². The molecule has 0 saturated heterocycles. The van der Waals surface area contributed by atoms with Gasteiger partial charge in [0.1, 0.15) is 0 Å². The first kappa shape index (κ1) is 9.84. The molecule has 14 heavy (non-hydrogen) atoms. The van der Waals surface area contributed by atoms with Crippen LogP contribution < -0.4 is 10.6 Å². The van der Waals surface area contributed by atoms with Gasteiger partial charge in [-0.1, -0.05) is 22.9 Å². The Labute approximate surface area is 93.2 Å². The molecule has 2 N–H and O–H groups in total. The second-order valence-corrected chi connectivity index (χ2v) is 4.57. The molecule has 0 fully saturated rings. The maximum Gasteiger partial charge on any atom is 0.0589 e. The zero-order valence-corrected chi connectivity index (χ0v) is 9.89. The van der Waals surface area contributed by atoms with E-state index in [0.717, 1.165) is 11.0 Å². The molecule has 0 aromatic heterocycles.